The standard InChI is InChI=1S/C8H20N2O2/c1-2-10(6-7-11)5-3-4-9-8-12/h9,11-12H,2-8H2,1H3. The van der Waals surface area contributed by atoms with Gasteiger partial charge in [0.15, 0.2) is 0 Å². The Balaban J connectivity index is 3.19. The molecule has 0 aromatic heterocycles. The second kappa shape index (κ2) is 8.93. The van der Waals surface area contributed by atoms with Gasteiger partial charge in [0.05, 0.1) is 13.3 Å². The van der Waals surface area contributed by atoms with Gasteiger partial charge in [-0.15, -0.1) is 0 Å². The topological polar surface area (TPSA) is 55.7 Å². The molecule has 0 fully saturated rings. The minimum Gasteiger partial charge on any atom is -0.395 e. The molecule has 0 aromatic rings. The van der Waals surface area contributed by atoms with Crippen LogP contribution in [0.4, 0.5) is 0 Å². The summed E-state index contributed by atoms with van der Waals surface area (Å²) in [5, 5.41) is 19.9. The summed E-state index contributed by atoms with van der Waals surface area (Å²) in [6.07, 6.45) is 1.01. The van der Waals surface area contributed by atoms with Gasteiger partial charge >= 0.3 is 0 Å². The lowest BCUT2D eigenvalue weighted by atomic mass is 10.3. The molecule has 12 heavy (non-hydrogen) atoms. The molecule has 4 nitrogen and oxygen atoms in total. The molecule has 0 bridgehead atoms. The largest absolute Gasteiger partial charge is 0.395 e. The molecule has 0 heterocycles. The van der Waals surface area contributed by atoms with Crippen molar-refractivity contribution >= 4 is 0 Å². The fourth-order valence-electron chi connectivity index (χ4n) is 1.08. The van der Waals surface area contributed by atoms with Gasteiger partial charge in [-0.2, -0.15) is 0 Å². The zero-order chi connectivity index (χ0) is 9.23. The predicted molar refractivity (Wildman–Crippen MR) is 48.9 cm³/mol. The maximum atomic E-state index is 8.67. The summed E-state index contributed by atoms with van der Waals surface area (Å²) in [6, 6.07) is 0. The van der Waals surface area contributed by atoms with Crippen molar-refractivity contribution in [1.82, 2.24) is 10.2 Å². The van der Waals surface area contributed by atoms with E-state index < -0.39 is 0 Å². The van der Waals surface area contributed by atoms with E-state index in [1.165, 1.54) is 0 Å². The number of hydrogen-bond acceptors (Lipinski definition) is 4. The molecule has 3 N–H and O–H groups in total. The minimum absolute atomic E-state index is 0.0477. The predicted octanol–water partition coefficient (Wildman–Crippen LogP) is -0.770. The zero-order valence-corrected chi connectivity index (χ0v) is 7.79. The number of hydrogen-bond donors (Lipinski definition) is 3. The van der Waals surface area contributed by atoms with E-state index in [9.17, 15) is 0 Å². The first-order valence-corrected chi connectivity index (χ1v) is 4.50. The van der Waals surface area contributed by atoms with Crippen LogP contribution in [0, 0.1) is 0 Å². The highest BCUT2D eigenvalue weighted by Gasteiger charge is 1.99. The van der Waals surface area contributed by atoms with E-state index in [1.807, 2.05) is 0 Å². The SMILES string of the molecule is CCN(CCO)CCCNCO. The van der Waals surface area contributed by atoms with Crippen LogP contribution in [0.25, 0.3) is 0 Å². The van der Waals surface area contributed by atoms with Crippen LogP contribution in [0.5, 0.6) is 0 Å². The van der Waals surface area contributed by atoms with Gasteiger partial charge in [-0.25, -0.2) is 0 Å². The Morgan fingerprint density at radius 3 is 2.50 bits per heavy atom. The van der Waals surface area contributed by atoms with Crippen LogP contribution in [0.2, 0.25) is 0 Å². The second-order valence-corrected chi connectivity index (χ2v) is 2.67. The van der Waals surface area contributed by atoms with E-state index >= 15 is 0 Å². The van der Waals surface area contributed by atoms with Crippen LogP contribution in [0.1, 0.15) is 13.3 Å². The van der Waals surface area contributed by atoms with Gasteiger partial charge in [-0.1, -0.05) is 6.92 Å². The summed E-state index contributed by atoms with van der Waals surface area (Å²) >= 11 is 0. The van der Waals surface area contributed by atoms with Gasteiger partial charge in [0, 0.05) is 6.54 Å². The summed E-state index contributed by atoms with van der Waals surface area (Å²) < 4.78 is 0. The zero-order valence-electron chi connectivity index (χ0n) is 7.79. The molecular weight excluding hydrogens is 156 g/mol. The molecule has 0 unspecified atom stereocenters. The van der Waals surface area contributed by atoms with Crippen LogP contribution in [-0.2, 0) is 0 Å². The molecule has 0 aliphatic rings. The molecule has 0 radical (unpaired) electrons. The summed E-state index contributed by atoms with van der Waals surface area (Å²) in [6.45, 7) is 5.88. The average Bonchev–Trinajstić information content (AvgIpc) is 2.10. The van der Waals surface area contributed by atoms with Crippen molar-refractivity contribution in [1.29, 1.82) is 0 Å². The van der Waals surface area contributed by atoms with Gasteiger partial charge in [-0.3, -0.25) is 5.32 Å². The molecular formula is C8H20N2O2. The highest BCUT2D eigenvalue weighted by Crippen LogP contribution is 1.89. The maximum Gasteiger partial charge on any atom is 0.0931 e. The van der Waals surface area contributed by atoms with Gasteiger partial charge < -0.3 is 15.1 Å². The van der Waals surface area contributed by atoms with E-state index in [0.717, 1.165) is 32.6 Å². The summed E-state index contributed by atoms with van der Waals surface area (Å²) in [5.41, 5.74) is 0. The van der Waals surface area contributed by atoms with E-state index in [-0.39, 0.29) is 13.3 Å². The molecule has 74 valence electrons. The Kier molecular flexibility index (Phi) is 8.81. The van der Waals surface area contributed by atoms with Crippen LogP contribution in [0.15, 0.2) is 0 Å². The quantitative estimate of drug-likeness (QED) is 0.336. The van der Waals surface area contributed by atoms with Gasteiger partial charge in [0.2, 0.25) is 0 Å². The number of aliphatic hydroxyl groups excluding tert-OH is 2. The fraction of sp³-hybridized carbons (Fsp3) is 1.00. The van der Waals surface area contributed by atoms with Crippen LogP contribution < -0.4 is 5.32 Å². The minimum atomic E-state index is 0.0477. The lowest BCUT2D eigenvalue weighted by molar-refractivity contribution is 0.197. The third-order valence-corrected chi connectivity index (χ3v) is 1.80. The third-order valence-electron chi connectivity index (χ3n) is 1.80. The first-order valence-electron chi connectivity index (χ1n) is 4.50. The molecule has 0 saturated heterocycles. The lowest BCUT2D eigenvalue weighted by Gasteiger charge is -2.18. The molecule has 0 atom stereocenters. The van der Waals surface area contributed by atoms with Crippen LogP contribution in [-0.4, -0.2) is 54.6 Å². The Morgan fingerprint density at radius 2 is 2.00 bits per heavy atom. The maximum absolute atomic E-state index is 8.67. The smallest absolute Gasteiger partial charge is 0.0931 e. The van der Waals surface area contributed by atoms with Crippen molar-refractivity contribution in [2.24, 2.45) is 0 Å². The number of rotatable bonds is 8. The van der Waals surface area contributed by atoms with Crippen molar-refractivity contribution in [3.05, 3.63) is 0 Å². The number of nitrogens with zero attached hydrogens (tertiary/aromatic N) is 1. The first kappa shape index (κ1) is 11.8. The molecule has 0 aromatic carbocycles. The fourth-order valence-corrected chi connectivity index (χ4v) is 1.08. The third kappa shape index (κ3) is 6.54. The average molecular weight is 176 g/mol. The molecule has 0 aliphatic heterocycles. The highest BCUT2D eigenvalue weighted by atomic mass is 16.3. The van der Waals surface area contributed by atoms with E-state index in [0.29, 0.717) is 0 Å². The molecule has 0 amide bonds. The normalized spacial score (nSPS) is 11.0. The number of aliphatic hydroxyl groups is 2. The van der Waals surface area contributed by atoms with Crippen molar-refractivity contribution in [2.75, 3.05) is 39.5 Å². The Labute approximate surface area is 74.2 Å². The molecule has 0 aliphatic carbocycles. The van der Waals surface area contributed by atoms with Crippen molar-refractivity contribution in [3.8, 4) is 0 Å². The number of likely N-dealkylation sites (N-methyl/N-ethyl adjacent to an activating group) is 1. The van der Waals surface area contributed by atoms with Gasteiger partial charge in [0.1, 0.15) is 0 Å². The highest BCUT2D eigenvalue weighted by molar-refractivity contribution is 4.55. The van der Waals surface area contributed by atoms with Crippen molar-refractivity contribution in [2.45, 2.75) is 13.3 Å². The number of nitrogens with one attached hydrogen (secondary N) is 1. The molecule has 0 rings (SSSR count). The van der Waals surface area contributed by atoms with E-state index in [1.54, 1.807) is 0 Å². The lowest BCUT2D eigenvalue weighted by Crippen LogP contribution is -2.30. The molecule has 0 spiro atoms. The Bertz CT molecular complexity index is 91.1. The first-order chi connectivity index (χ1) is 5.85. The summed E-state index contributed by atoms with van der Waals surface area (Å²) in [4.78, 5) is 2.18. The Hall–Kier alpha value is -0.160. The monoisotopic (exact) mass is 176 g/mol. The van der Waals surface area contributed by atoms with Crippen LogP contribution >= 0.6 is 0 Å². The van der Waals surface area contributed by atoms with E-state index in [2.05, 4.69) is 17.1 Å². The summed E-state index contributed by atoms with van der Waals surface area (Å²) in [7, 11) is 0. The van der Waals surface area contributed by atoms with Gasteiger partial charge in [0.25, 0.3) is 0 Å². The second-order valence-electron chi connectivity index (χ2n) is 2.67. The molecule has 4 heteroatoms. The van der Waals surface area contributed by atoms with Crippen molar-refractivity contribution in [3.63, 3.8) is 0 Å². The van der Waals surface area contributed by atoms with Crippen LogP contribution in [0.3, 0.4) is 0 Å². The summed E-state index contributed by atoms with van der Waals surface area (Å²) in [5.74, 6) is 0. The Morgan fingerprint density at radius 1 is 1.25 bits per heavy atom. The molecule has 0 saturated carbocycles. The van der Waals surface area contributed by atoms with Crippen molar-refractivity contribution < 1.29 is 10.2 Å². The van der Waals surface area contributed by atoms with Gasteiger partial charge in [-0.05, 0) is 26.1 Å². The van der Waals surface area contributed by atoms with E-state index in [4.69, 9.17) is 10.2 Å².